The zero-order valence-corrected chi connectivity index (χ0v) is 12.9. The van der Waals surface area contributed by atoms with Gasteiger partial charge in [-0.05, 0) is 18.1 Å². The highest BCUT2D eigenvalue weighted by atomic mass is 32.1. The molecule has 1 heterocycles. The van der Waals surface area contributed by atoms with Crippen molar-refractivity contribution in [3.05, 3.63) is 46.5 Å². The minimum absolute atomic E-state index is 0.234. The first kappa shape index (κ1) is 15.2. The van der Waals surface area contributed by atoms with Gasteiger partial charge in [0.05, 0.1) is 18.2 Å². The molecule has 0 aliphatic rings. The minimum atomic E-state index is -0.539. The number of esters is 1. The monoisotopic (exact) mass is 304 g/mol. The van der Waals surface area contributed by atoms with Crippen molar-refractivity contribution in [3.63, 3.8) is 0 Å². The molecule has 21 heavy (non-hydrogen) atoms. The second kappa shape index (κ2) is 6.49. The topological polar surface area (TPSA) is 68.3 Å². The molecule has 1 amide bonds. The molecule has 6 heteroatoms. The molecule has 0 aliphatic heterocycles. The molecule has 0 radical (unpaired) electrons. The van der Waals surface area contributed by atoms with Gasteiger partial charge in [0, 0.05) is 11.1 Å². The number of nitrogens with zero attached hydrogens (tertiary/aromatic N) is 1. The van der Waals surface area contributed by atoms with Gasteiger partial charge in [0.1, 0.15) is 0 Å². The van der Waals surface area contributed by atoms with Gasteiger partial charge in [0.25, 0.3) is 5.91 Å². The third-order valence-corrected chi connectivity index (χ3v) is 4.10. The van der Waals surface area contributed by atoms with Crippen LogP contribution in [0.1, 0.15) is 45.4 Å². The third-order valence-electron chi connectivity index (χ3n) is 2.89. The van der Waals surface area contributed by atoms with Crippen molar-refractivity contribution < 1.29 is 14.3 Å². The van der Waals surface area contributed by atoms with Crippen molar-refractivity contribution >= 4 is 28.3 Å². The Morgan fingerprint density at radius 2 is 1.90 bits per heavy atom. The van der Waals surface area contributed by atoms with Crippen LogP contribution in [-0.4, -0.2) is 24.0 Å². The van der Waals surface area contributed by atoms with Gasteiger partial charge < -0.3 is 4.74 Å². The Morgan fingerprint density at radius 1 is 1.24 bits per heavy atom. The van der Waals surface area contributed by atoms with Crippen LogP contribution in [0.2, 0.25) is 0 Å². The molecule has 1 aromatic carbocycles. The number of hydrogen-bond acceptors (Lipinski definition) is 5. The Balaban J connectivity index is 2.22. The summed E-state index contributed by atoms with van der Waals surface area (Å²) in [6.07, 6.45) is 1.75. The number of carbonyl (C=O) groups excluding carboxylic acids is 2. The van der Waals surface area contributed by atoms with Crippen molar-refractivity contribution in [3.8, 4) is 0 Å². The van der Waals surface area contributed by atoms with Crippen LogP contribution in [0.3, 0.4) is 0 Å². The van der Waals surface area contributed by atoms with Crippen molar-refractivity contribution in [1.29, 1.82) is 0 Å². The molecule has 0 spiro atoms. The van der Waals surface area contributed by atoms with E-state index in [-0.39, 0.29) is 17.0 Å². The van der Waals surface area contributed by atoms with E-state index in [1.807, 2.05) is 0 Å². The second-order valence-corrected chi connectivity index (χ2v) is 5.78. The number of nitrogens with one attached hydrogen (secondary N) is 1. The summed E-state index contributed by atoms with van der Waals surface area (Å²) in [7, 11) is 1.28. The van der Waals surface area contributed by atoms with Gasteiger partial charge in [-0.25, -0.2) is 9.78 Å². The summed E-state index contributed by atoms with van der Waals surface area (Å²) in [6.45, 7) is 4.12. The minimum Gasteiger partial charge on any atom is -0.465 e. The number of ether oxygens (including phenoxy) is 1. The highest BCUT2D eigenvalue weighted by molar-refractivity contribution is 7.15. The summed E-state index contributed by atoms with van der Waals surface area (Å²) in [5, 5.41) is 3.23. The fraction of sp³-hybridized carbons (Fsp3) is 0.267. The average Bonchev–Trinajstić information content (AvgIpc) is 2.95. The number of benzene rings is 1. The first-order valence-corrected chi connectivity index (χ1v) is 7.29. The van der Waals surface area contributed by atoms with E-state index < -0.39 is 5.97 Å². The normalized spacial score (nSPS) is 10.5. The number of hydrogen-bond donors (Lipinski definition) is 1. The summed E-state index contributed by atoms with van der Waals surface area (Å²) >= 11 is 1.42. The van der Waals surface area contributed by atoms with E-state index in [2.05, 4.69) is 28.9 Å². The molecule has 1 N–H and O–H groups in total. The van der Waals surface area contributed by atoms with Gasteiger partial charge in [-0.2, -0.15) is 0 Å². The lowest BCUT2D eigenvalue weighted by Gasteiger charge is -2.07. The van der Waals surface area contributed by atoms with Gasteiger partial charge in [-0.15, -0.1) is 11.3 Å². The zero-order valence-electron chi connectivity index (χ0n) is 12.0. The first-order valence-electron chi connectivity index (χ1n) is 6.47. The molecule has 0 unspecified atom stereocenters. The molecule has 0 saturated carbocycles. The zero-order chi connectivity index (χ0) is 15.4. The van der Waals surface area contributed by atoms with Crippen LogP contribution in [0, 0.1) is 0 Å². The molecule has 2 aromatic rings. The smallest absolute Gasteiger partial charge is 0.338 e. The Kier molecular flexibility index (Phi) is 4.70. The number of methoxy groups -OCH3 is 1. The maximum atomic E-state index is 12.3. The van der Waals surface area contributed by atoms with Gasteiger partial charge in [0.2, 0.25) is 0 Å². The summed E-state index contributed by atoms with van der Waals surface area (Å²) in [6, 6.07) is 6.52. The summed E-state index contributed by atoms with van der Waals surface area (Å²) in [4.78, 5) is 29.2. The summed E-state index contributed by atoms with van der Waals surface area (Å²) in [5.41, 5.74) is 0.504. The van der Waals surface area contributed by atoms with Crippen LogP contribution < -0.4 is 5.32 Å². The lowest BCUT2D eigenvalue weighted by Crippen LogP contribution is -2.16. The second-order valence-electron chi connectivity index (χ2n) is 4.71. The van der Waals surface area contributed by atoms with Crippen LogP contribution in [0.5, 0.6) is 0 Å². The molecule has 0 atom stereocenters. The van der Waals surface area contributed by atoms with Crippen LogP contribution in [0.25, 0.3) is 0 Å². The van der Waals surface area contributed by atoms with Crippen LogP contribution >= 0.6 is 11.3 Å². The van der Waals surface area contributed by atoms with E-state index >= 15 is 0 Å². The number of carbonyl (C=O) groups is 2. The molecule has 5 nitrogen and oxygen atoms in total. The maximum Gasteiger partial charge on any atom is 0.338 e. The van der Waals surface area contributed by atoms with E-state index in [1.165, 1.54) is 18.4 Å². The fourth-order valence-corrected chi connectivity index (χ4v) is 2.56. The predicted molar refractivity (Wildman–Crippen MR) is 81.9 cm³/mol. The molecule has 0 saturated heterocycles. The number of rotatable bonds is 4. The average molecular weight is 304 g/mol. The lowest BCUT2D eigenvalue weighted by atomic mass is 10.1. The highest BCUT2D eigenvalue weighted by Gasteiger charge is 2.18. The largest absolute Gasteiger partial charge is 0.465 e. The molecule has 2 rings (SSSR count). The van der Waals surface area contributed by atoms with E-state index in [1.54, 1.807) is 30.5 Å². The van der Waals surface area contributed by atoms with Crippen molar-refractivity contribution in [2.75, 3.05) is 12.4 Å². The van der Waals surface area contributed by atoms with Crippen LogP contribution in [0.4, 0.5) is 5.13 Å². The number of aromatic nitrogens is 1. The Labute approximate surface area is 127 Å². The van der Waals surface area contributed by atoms with E-state index in [4.69, 9.17) is 0 Å². The maximum absolute atomic E-state index is 12.3. The number of amides is 1. The van der Waals surface area contributed by atoms with E-state index in [0.717, 1.165) is 4.88 Å². The summed E-state index contributed by atoms with van der Waals surface area (Å²) < 4.78 is 4.68. The van der Waals surface area contributed by atoms with Crippen molar-refractivity contribution in [2.24, 2.45) is 0 Å². The Morgan fingerprint density at radius 3 is 2.48 bits per heavy atom. The molecule has 0 aliphatic carbocycles. The van der Waals surface area contributed by atoms with Gasteiger partial charge >= 0.3 is 5.97 Å². The fourth-order valence-electron chi connectivity index (χ4n) is 1.74. The van der Waals surface area contributed by atoms with Crippen molar-refractivity contribution in [2.45, 2.75) is 19.8 Å². The molecule has 0 bridgehead atoms. The van der Waals surface area contributed by atoms with Crippen LogP contribution in [-0.2, 0) is 4.74 Å². The number of thiazole rings is 1. The highest BCUT2D eigenvalue weighted by Crippen LogP contribution is 2.25. The molecular weight excluding hydrogens is 288 g/mol. The predicted octanol–water partition coefficient (Wildman–Crippen LogP) is 3.31. The SMILES string of the molecule is COC(=O)c1ccccc1C(=O)Nc1ncc(C(C)C)s1. The summed E-state index contributed by atoms with van der Waals surface area (Å²) in [5.74, 6) is -0.557. The molecule has 110 valence electrons. The first-order chi connectivity index (χ1) is 10.0. The number of anilines is 1. The van der Waals surface area contributed by atoms with Gasteiger partial charge in [-0.3, -0.25) is 10.1 Å². The third kappa shape index (κ3) is 3.46. The van der Waals surface area contributed by atoms with E-state index in [0.29, 0.717) is 11.0 Å². The van der Waals surface area contributed by atoms with Gasteiger partial charge in [-0.1, -0.05) is 26.0 Å². The Hall–Kier alpha value is -2.21. The van der Waals surface area contributed by atoms with Gasteiger partial charge in [0.15, 0.2) is 5.13 Å². The molecular formula is C15H16N2O3S. The van der Waals surface area contributed by atoms with Crippen molar-refractivity contribution in [1.82, 2.24) is 4.98 Å². The Bertz CT molecular complexity index is 664. The van der Waals surface area contributed by atoms with Crippen LogP contribution in [0.15, 0.2) is 30.5 Å². The molecule has 1 aromatic heterocycles. The lowest BCUT2D eigenvalue weighted by molar-refractivity contribution is 0.0597. The molecule has 0 fully saturated rings. The standard InChI is InChI=1S/C15H16N2O3S/c1-9(2)12-8-16-15(21-12)17-13(18)10-6-4-5-7-11(10)14(19)20-3/h4-9H,1-3H3,(H,16,17,18). The van der Waals surface area contributed by atoms with E-state index in [9.17, 15) is 9.59 Å². The quantitative estimate of drug-likeness (QED) is 0.880.